The van der Waals surface area contributed by atoms with Crippen molar-refractivity contribution in [2.24, 2.45) is 23.2 Å². The molecule has 0 aromatic rings. The number of terminal acetylenes is 1. The van der Waals surface area contributed by atoms with Crippen molar-refractivity contribution in [3.05, 3.63) is 0 Å². The molecule has 4 aliphatic rings. The SMILES string of the molecule is C#COC(=O)CC12CC3CC(CC(C3)C1)C2. The molecule has 0 radical (unpaired) electrons. The molecule has 0 spiro atoms. The van der Waals surface area contributed by atoms with Crippen LogP contribution in [0.4, 0.5) is 0 Å². The van der Waals surface area contributed by atoms with Gasteiger partial charge in [0.25, 0.3) is 0 Å². The van der Waals surface area contributed by atoms with Gasteiger partial charge in [-0.2, -0.15) is 0 Å². The maximum Gasteiger partial charge on any atom is 0.320 e. The lowest BCUT2D eigenvalue weighted by molar-refractivity contribution is -0.145. The summed E-state index contributed by atoms with van der Waals surface area (Å²) in [5.41, 5.74) is 0.253. The lowest BCUT2D eigenvalue weighted by Crippen LogP contribution is -2.46. The molecule has 4 saturated carbocycles. The van der Waals surface area contributed by atoms with Gasteiger partial charge in [-0.3, -0.25) is 4.79 Å². The Morgan fingerprint density at radius 3 is 2.12 bits per heavy atom. The summed E-state index contributed by atoms with van der Waals surface area (Å²) >= 11 is 0. The van der Waals surface area contributed by atoms with Crippen LogP contribution in [0, 0.1) is 35.7 Å². The van der Waals surface area contributed by atoms with Crippen molar-refractivity contribution in [3.8, 4) is 12.5 Å². The average molecular weight is 218 g/mol. The fraction of sp³-hybridized carbons (Fsp3) is 0.786. The van der Waals surface area contributed by atoms with Gasteiger partial charge in [-0.05, 0) is 61.7 Å². The molecule has 0 heterocycles. The van der Waals surface area contributed by atoms with E-state index < -0.39 is 0 Å². The Bertz CT molecular complexity index is 315. The van der Waals surface area contributed by atoms with Crippen molar-refractivity contribution in [1.29, 1.82) is 0 Å². The largest absolute Gasteiger partial charge is 0.372 e. The molecule has 0 unspecified atom stereocenters. The molecule has 0 saturated heterocycles. The number of carbonyl (C=O) groups excluding carboxylic acids is 1. The van der Waals surface area contributed by atoms with Crippen LogP contribution in [-0.2, 0) is 9.53 Å². The minimum atomic E-state index is -0.190. The van der Waals surface area contributed by atoms with Crippen LogP contribution in [0.1, 0.15) is 44.9 Å². The quantitative estimate of drug-likeness (QED) is 0.526. The van der Waals surface area contributed by atoms with Crippen LogP contribution in [-0.4, -0.2) is 5.97 Å². The number of esters is 1. The molecule has 86 valence electrons. The van der Waals surface area contributed by atoms with Crippen molar-refractivity contribution >= 4 is 5.97 Å². The van der Waals surface area contributed by atoms with Crippen molar-refractivity contribution < 1.29 is 9.53 Å². The van der Waals surface area contributed by atoms with E-state index in [4.69, 9.17) is 6.42 Å². The third-order valence-corrected chi connectivity index (χ3v) is 4.86. The van der Waals surface area contributed by atoms with E-state index >= 15 is 0 Å². The molecule has 0 aliphatic heterocycles. The minimum Gasteiger partial charge on any atom is -0.372 e. The molecule has 0 aromatic carbocycles. The molecule has 4 bridgehead atoms. The highest BCUT2D eigenvalue weighted by molar-refractivity contribution is 5.71. The van der Waals surface area contributed by atoms with Crippen molar-refractivity contribution in [2.75, 3.05) is 0 Å². The van der Waals surface area contributed by atoms with Gasteiger partial charge in [0.1, 0.15) is 6.11 Å². The van der Waals surface area contributed by atoms with Crippen LogP contribution < -0.4 is 0 Å². The topological polar surface area (TPSA) is 26.3 Å². The first-order chi connectivity index (χ1) is 7.69. The van der Waals surface area contributed by atoms with Crippen molar-refractivity contribution in [1.82, 2.24) is 0 Å². The number of hydrogen-bond donors (Lipinski definition) is 0. The molecule has 0 aromatic heterocycles. The smallest absolute Gasteiger partial charge is 0.320 e. The number of ether oxygens (including phenoxy) is 1. The third kappa shape index (κ3) is 1.63. The van der Waals surface area contributed by atoms with Gasteiger partial charge in [-0.15, -0.1) is 0 Å². The first kappa shape index (κ1) is 10.2. The normalized spacial score (nSPS) is 44.1. The van der Waals surface area contributed by atoms with Gasteiger partial charge < -0.3 is 4.74 Å². The second-order valence-corrected chi connectivity index (χ2v) is 6.19. The van der Waals surface area contributed by atoms with Crippen LogP contribution in [0.25, 0.3) is 0 Å². The van der Waals surface area contributed by atoms with E-state index in [1.165, 1.54) is 38.5 Å². The summed E-state index contributed by atoms with van der Waals surface area (Å²) in [6, 6.07) is 0. The maximum absolute atomic E-state index is 11.6. The Hall–Kier alpha value is -0.970. The summed E-state index contributed by atoms with van der Waals surface area (Å²) in [6.07, 6.45) is 15.5. The Kier molecular flexibility index (Phi) is 2.24. The van der Waals surface area contributed by atoms with E-state index in [0.717, 1.165) is 17.8 Å². The fourth-order valence-corrected chi connectivity index (χ4v) is 4.91. The summed E-state index contributed by atoms with van der Waals surface area (Å²) in [5, 5.41) is 0. The zero-order valence-electron chi connectivity index (χ0n) is 9.58. The summed E-state index contributed by atoms with van der Waals surface area (Å²) in [6.45, 7) is 0. The molecule has 4 aliphatic carbocycles. The van der Waals surface area contributed by atoms with Gasteiger partial charge in [0, 0.05) is 0 Å². The highest BCUT2D eigenvalue weighted by atomic mass is 16.5. The van der Waals surface area contributed by atoms with Gasteiger partial charge in [0.2, 0.25) is 0 Å². The molecule has 4 fully saturated rings. The van der Waals surface area contributed by atoms with Crippen molar-refractivity contribution in [3.63, 3.8) is 0 Å². The molecule has 0 atom stereocenters. The van der Waals surface area contributed by atoms with Gasteiger partial charge in [0.05, 0.1) is 6.42 Å². The van der Waals surface area contributed by atoms with Gasteiger partial charge in [-0.1, -0.05) is 6.42 Å². The van der Waals surface area contributed by atoms with E-state index in [0.29, 0.717) is 6.42 Å². The lowest BCUT2D eigenvalue weighted by Gasteiger charge is -2.56. The van der Waals surface area contributed by atoms with E-state index in [9.17, 15) is 4.79 Å². The zero-order chi connectivity index (χ0) is 11.2. The first-order valence-corrected chi connectivity index (χ1v) is 6.34. The van der Waals surface area contributed by atoms with Crippen LogP contribution in [0.2, 0.25) is 0 Å². The van der Waals surface area contributed by atoms with E-state index in [1.54, 1.807) is 0 Å². The van der Waals surface area contributed by atoms with Crippen LogP contribution >= 0.6 is 0 Å². The first-order valence-electron chi connectivity index (χ1n) is 6.34. The highest BCUT2D eigenvalue weighted by Crippen LogP contribution is 2.61. The Morgan fingerprint density at radius 2 is 1.69 bits per heavy atom. The summed E-state index contributed by atoms with van der Waals surface area (Å²) in [5.74, 6) is 2.45. The monoisotopic (exact) mass is 218 g/mol. The van der Waals surface area contributed by atoms with Gasteiger partial charge in [0.15, 0.2) is 0 Å². The standard InChI is InChI=1S/C14H18O2/c1-2-16-13(15)9-14-6-10-3-11(7-14)5-12(4-10)8-14/h1,10-12H,3-9H2. The lowest BCUT2D eigenvalue weighted by atomic mass is 9.49. The second-order valence-electron chi connectivity index (χ2n) is 6.19. The van der Waals surface area contributed by atoms with Crippen LogP contribution in [0.3, 0.4) is 0 Å². The molecule has 0 amide bonds. The summed E-state index contributed by atoms with van der Waals surface area (Å²) in [4.78, 5) is 11.6. The predicted octanol–water partition coefficient (Wildman–Crippen LogP) is 2.73. The number of rotatable bonds is 2. The summed E-state index contributed by atoms with van der Waals surface area (Å²) < 4.78 is 4.67. The zero-order valence-corrected chi connectivity index (χ0v) is 9.58. The molecule has 2 heteroatoms. The van der Waals surface area contributed by atoms with Gasteiger partial charge >= 0.3 is 5.97 Å². The Labute approximate surface area is 96.7 Å². The molecular formula is C14H18O2. The maximum atomic E-state index is 11.6. The molecule has 16 heavy (non-hydrogen) atoms. The molecule has 0 N–H and O–H groups in total. The Balaban J connectivity index is 1.74. The molecule has 4 rings (SSSR count). The van der Waals surface area contributed by atoms with Crippen LogP contribution in [0.15, 0.2) is 0 Å². The highest BCUT2D eigenvalue weighted by Gasteiger charge is 2.51. The second kappa shape index (κ2) is 3.52. The van der Waals surface area contributed by atoms with Gasteiger partial charge in [-0.25, -0.2) is 0 Å². The van der Waals surface area contributed by atoms with Crippen molar-refractivity contribution in [2.45, 2.75) is 44.9 Å². The number of hydrogen-bond acceptors (Lipinski definition) is 2. The molecular weight excluding hydrogens is 200 g/mol. The van der Waals surface area contributed by atoms with E-state index in [2.05, 4.69) is 4.74 Å². The fourth-order valence-electron chi connectivity index (χ4n) is 4.91. The molecule has 2 nitrogen and oxygen atoms in total. The van der Waals surface area contributed by atoms with E-state index in [1.807, 2.05) is 6.11 Å². The summed E-state index contributed by atoms with van der Waals surface area (Å²) in [7, 11) is 0. The minimum absolute atomic E-state index is 0.190. The Morgan fingerprint density at radius 1 is 1.19 bits per heavy atom. The predicted molar refractivity (Wildman–Crippen MR) is 60.1 cm³/mol. The average Bonchev–Trinajstić information content (AvgIpc) is 2.13. The third-order valence-electron chi connectivity index (χ3n) is 4.86. The van der Waals surface area contributed by atoms with Crippen LogP contribution in [0.5, 0.6) is 0 Å². The number of carbonyl (C=O) groups is 1. The van der Waals surface area contributed by atoms with E-state index in [-0.39, 0.29) is 11.4 Å².